The molecule has 0 aliphatic rings. The van der Waals surface area contributed by atoms with Crippen molar-refractivity contribution in [3.05, 3.63) is 47.0 Å². The zero-order valence-electron chi connectivity index (χ0n) is 10.6. The van der Waals surface area contributed by atoms with Crippen molar-refractivity contribution in [1.82, 2.24) is 20.1 Å². The molecule has 0 aliphatic carbocycles. The summed E-state index contributed by atoms with van der Waals surface area (Å²) in [6.45, 7) is 5.80. The summed E-state index contributed by atoms with van der Waals surface area (Å²) in [4.78, 5) is 4.05. The van der Waals surface area contributed by atoms with Crippen LogP contribution in [0.25, 0.3) is 0 Å². The van der Waals surface area contributed by atoms with Crippen LogP contribution in [-0.4, -0.2) is 21.3 Å². The fourth-order valence-corrected chi connectivity index (χ4v) is 2.29. The molecule has 0 spiro atoms. The third-order valence-corrected chi connectivity index (χ3v) is 3.15. The zero-order valence-corrected chi connectivity index (χ0v) is 11.4. The Morgan fingerprint density at radius 3 is 2.67 bits per heavy atom. The number of aryl methyl sites for hydroxylation is 1. The van der Waals surface area contributed by atoms with Gasteiger partial charge in [0.15, 0.2) is 0 Å². The van der Waals surface area contributed by atoms with Gasteiger partial charge in [-0.05, 0) is 31.2 Å². The summed E-state index contributed by atoms with van der Waals surface area (Å²) in [7, 11) is 0. The van der Waals surface area contributed by atoms with Gasteiger partial charge in [-0.3, -0.25) is 9.67 Å². The van der Waals surface area contributed by atoms with E-state index in [0.717, 1.165) is 24.3 Å². The van der Waals surface area contributed by atoms with Gasteiger partial charge in [-0.25, -0.2) is 0 Å². The van der Waals surface area contributed by atoms with Crippen molar-refractivity contribution < 1.29 is 0 Å². The smallest absolute Gasteiger partial charge is 0.0837 e. The van der Waals surface area contributed by atoms with E-state index in [1.807, 2.05) is 16.8 Å². The average molecular weight is 265 g/mol. The Labute approximate surface area is 112 Å². The Bertz CT molecular complexity index is 495. The summed E-state index contributed by atoms with van der Waals surface area (Å²) in [5, 5.41) is 8.43. The molecule has 2 heterocycles. The zero-order chi connectivity index (χ0) is 13.0. The number of rotatable bonds is 5. The van der Waals surface area contributed by atoms with Crippen molar-refractivity contribution >= 4 is 11.6 Å². The maximum atomic E-state index is 6.27. The van der Waals surface area contributed by atoms with Crippen molar-refractivity contribution in [2.45, 2.75) is 26.4 Å². The Morgan fingerprint density at radius 2 is 2.06 bits per heavy atom. The van der Waals surface area contributed by atoms with Crippen molar-refractivity contribution in [3.8, 4) is 0 Å². The lowest BCUT2D eigenvalue weighted by Gasteiger charge is -2.20. The minimum atomic E-state index is 0.0490. The summed E-state index contributed by atoms with van der Waals surface area (Å²) >= 11 is 6.27. The van der Waals surface area contributed by atoms with Gasteiger partial charge in [0.25, 0.3) is 0 Å². The van der Waals surface area contributed by atoms with E-state index in [0.29, 0.717) is 5.02 Å². The van der Waals surface area contributed by atoms with E-state index < -0.39 is 0 Å². The molecule has 18 heavy (non-hydrogen) atoms. The van der Waals surface area contributed by atoms with Gasteiger partial charge >= 0.3 is 0 Å². The van der Waals surface area contributed by atoms with Gasteiger partial charge in [-0.1, -0.05) is 18.5 Å². The summed E-state index contributed by atoms with van der Waals surface area (Å²) in [6, 6.07) is 4.04. The van der Waals surface area contributed by atoms with Crippen LogP contribution in [0.2, 0.25) is 5.02 Å². The largest absolute Gasteiger partial charge is 0.305 e. The van der Waals surface area contributed by atoms with Crippen molar-refractivity contribution in [3.63, 3.8) is 0 Å². The predicted molar refractivity (Wildman–Crippen MR) is 72.7 cm³/mol. The Balaban J connectivity index is 2.44. The van der Waals surface area contributed by atoms with Crippen LogP contribution < -0.4 is 5.32 Å². The van der Waals surface area contributed by atoms with Crippen LogP contribution in [0, 0.1) is 0 Å². The molecular weight excluding hydrogens is 248 g/mol. The standard InChI is InChI=1S/C13H17ClN4/c1-3-16-12(10-5-7-15-8-6-10)13-11(14)9-17-18(13)4-2/h5-9,12,16H,3-4H2,1-2H3. The lowest BCUT2D eigenvalue weighted by Crippen LogP contribution is -2.25. The highest BCUT2D eigenvalue weighted by Gasteiger charge is 2.20. The molecule has 0 bridgehead atoms. The molecule has 4 nitrogen and oxygen atoms in total. The van der Waals surface area contributed by atoms with Crippen LogP contribution in [0.3, 0.4) is 0 Å². The Hall–Kier alpha value is -1.39. The van der Waals surface area contributed by atoms with Crippen molar-refractivity contribution in [2.75, 3.05) is 6.54 Å². The van der Waals surface area contributed by atoms with E-state index in [-0.39, 0.29) is 6.04 Å². The van der Waals surface area contributed by atoms with Gasteiger partial charge in [-0.2, -0.15) is 5.10 Å². The van der Waals surface area contributed by atoms with Crippen molar-refractivity contribution in [1.29, 1.82) is 0 Å². The number of nitrogens with one attached hydrogen (secondary N) is 1. The highest BCUT2D eigenvalue weighted by atomic mass is 35.5. The fraction of sp³-hybridized carbons (Fsp3) is 0.385. The SMILES string of the molecule is CCNC(c1ccncc1)c1c(Cl)cnn1CC. The monoisotopic (exact) mass is 264 g/mol. The second-order valence-corrected chi connectivity index (χ2v) is 4.37. The topological polar surface area (TPSA) is 42.7 Å². The van der Waals surface area contributed by atoms with E-state index in [9.17, 15) is 0 Å². The molecule has 96 valence electrons. The van der Waals surface area contributed by atoms with Crippen LogP contribution in [-0.2, 0) is 6.54 Å². The first-order valence-corrected chi connectivity index (χ1v) is 6.50. The first-order chi connectivity index (χ1) is 8.77. The molecule has 0 fully saturated rings. The van der Waals surface area contributed by atoms with Gasteiger partial charge in [0.05, 0.1) is 23.0 Å². The van der Waals surface area contributed by atoms with Crippen LogP contribution in [0.4, 0.5) is 0 Å². The van der Waals surface area contributed by atoms with E-state index in [1.54, 1.807) is 18.6 Å². The quantitative estimate of drug-likeness (QED) is 0.903. The first kappa shape index (κ1) is 13.1. The van der Waals surface area contributed by atoms with Gasteiger partial charge in [0.2, 0.25) is 0 Å². The molecule has 1 unspecified atom stereocenters. The molecule has 0 aliphatic heterocycles. The molecular formula is C13H17ClN4. The third kappa shape index (κ3) is 2.54. The molecule has 1 N–H and O–H groups in total. The molecule has 0 saturated heterocycles. The number of halogens is 1. The molecule has 1 atom stereocenters. The Morgan fingerprint density at radius 1 is 1.33 bits per heavy atom. The predicted octanol–water partition coefficient (Wildman–Crippen LogP) is 2.65. The fourth-order valence-electron chi connectivity index (χ4n) is 2.04. The summed E-state index contributed by atoms with van der Waals surface area (Å²) in [5.41, 5.74) is 2.15. The molecule has 2 aromatic heterocycles. The number of hydrogen-bond acceptors (Lipinski definition) is 3. The maximum absolute atomic E-state index is 6.27. The summed E-state index contributed by atoms with van der Waals surface area (Å²) < 4.78 is 1.93. The first-order valence-electron chi connectivity index (χ1n) is 6.12. The molecule has 0 amide bonds. The van der Waals surface area contributed by atoms with Crippen LogP contribution in [0.15, 0.2) is 30.7 Å². The van der Waals surface area contributed by atoms with Gasteiger partial charge in [-0.15, -0.1) is 0 Å². The van der Waals surface area contributed by atoms with E-state index in [4.69, 9.17) is 11.6 Å². The minimum absolute atomic E-state index is 0.0490. The lowest BCUT2D eigenvalue weighted by atomic mass is 10.1. The maximum Gasteiger partial charge on any atom is 0.0837 e. The second kappa shape index (κ2) is 5.98. The van der Waals surface area contributed by atoms with E-state index in [2.05, 4.69) is 29.2 Å². The normalized spacial score (nSPS) is 12.6. The number of nitrogens with zero attached hydrogens (tertiary/aromatic N) is 3. The summed E-state index contributed by atoms with van der Waals surface area (Å²) in [6.07, 6.45) is 5.28. The molecule has 0 aromatic carbocycles. The van der Waals surface area contributed by atoms with E-state index in [1.165, 1.54) is 0 Å². The van der Waals surface area contributed by atoms with Gasteiger partial charge < -0.3 is 5.32 Å². The average Bonchev–Trinajstić information content (AvgIpc) is 2.78. The van der Waals surface area contributed by atoms with Crippen LogP contribution >= 0.6 is 11.6 Å². The number of pyridine rings is 1. The molecule has 2 aromatic rings. The van der Waals surface area contributed by atoms with Crippen molar-refractivity contribution in [2.24, 2.45) is 0 Å². The molecule has 0 radical (unpaired) electrons. The molecule has 5 heteroatoms. The minimum Gasteiger partial charge on any atom is -0.305 e. The second-order valence-electron chi connectivity index (χ2n) is 3.96. The summed E-state index contributed by atoms with van der Waals surface area (Å²) in [5.74, 6) is 0. The Kier molecular flexibility index (Phi) is 4.33. The molecule has 0 saturated carbocycles. The third-order valence-electron chi connectivity index (χ3n) is 2.85. The number of aromatic nitrogens is 3. The number of hydrogen-bond donors (Lipinski definition) is 1. The highest BCUT2D eigenvalue weighted by Crippen LogP contribution is 2.27. The van der Waals surface area contributed by atoms with Gasteiger partial charge in [0.1, 0.15) is 0 Å². The van der Waals surface area contributed by atoms with Gasteiger partial charge in [0, 0.05) is 18.9 Å². The lowest BCUT2D eigenvalue weighted by molar-refractivity contribution is 0.542. The van der Waals surface area contributed by atoms with E-state index >= 15 is 0 Å². The molecule has 2 rings (SSSR count). The highest BCUT2D eigenvalue weighted by molar-refractivity contribution is 6.31. The van der Waals surface area contributed by atoms with Crippen LogP contribution in [0.1, 0.15) is 31.1 Å². The van der Waals surface area contributed by atoms with Crippen LogP contribution in [0.5, 0.6) is 0 Å².